The van der Waals surface area contributed by atoms with Crippen LogP contribution in [-0.4, -0.2) is 18.9 Å². The molecule has 41 heavy (non-hydrogen) atoms. The van der Waals surface area contributed by atoms with Crippen molar-refractivity contribution >= 4 is 11.8 Å². The van der Waals surface area contributed by atoms with Gasteiger partial charge in [-0.2, -0.15) is 0 Å². The Bertz CT molecular complexity index is 1530. The first-order chi connectivity index (χ1) is 19.5. The molecular weight excluding hydrogens is 512 g/mol. The summed E-state index contributed by atoms with van der Waals surface area (Å²) in [6.45, 7) is 12.1. The number of carbonyl (C=O) groups is 2. The van der Waals surface area contributed by atoms with Crippen LogP contribution in [0.3, 0.4) is 0 Å². The molecule has 0 saturated heterocycles. The van der Waals surface area contributed by atoms with Crippen molar-refractivity contribution in [3.63, 3.8) is 0 Å². The minimum absolute atomic E-state index is 0.112. The fraction of sp³-hybridized carbons (Fsp3) is 0.278. The Morgan fingerprint density at radius 1 is 0.732 bits per heavy atom. The molecule has 0 heterocycles. The molecule has 5 nitrogen and oxygen atoms in total. The molecule has 0 bridgehead atoms. The maximum absolute atomic E-state index is 12.9. The Kier molecular flexibility index (Phi) is 8.97. The molecule has 1 unspecified atom stereocenters. The Morgan fingerprint density at radius 2 is 1.22 bits per heavy atom. The summed E-state index contributed by atoms with van der Waals surface area (Å²) < 4.78 is 17.0. The second-order valence-corrected chi connectivity index (χ2v) is 11.1. The van der Waals surface area contributed by atoms with Crippen molar-refractivity contribution in [2.75, 3.05) is 7.11 Å². The Hall–Kier alpha value is -4.38. The van der Waals surface area contributed by atoms with E-state index in [1.54, 1.807) is 55.6 Å². The van der Waals surface area contributed by atoms with E-state index in [1.165, 1.54) is 5.56 Å². The summed E-state index contributed by atoms with van der Waals surface area (Å²) in [6.07, 6.45) is 0.771. The first kappa shape index (κ1) is 29.6. The molecule has 4 aromatic carbocycles. The molecule has 212 valence electrons. The number of hydrogen-bond acceptors (Lipinski definition) is 5. The molecule has 4 aromatic rings. The number of carbonyl (C=O) groups excluding carboxylic acids is 2. The number of methoxy groups -OCH3 is 1. The van der Waals surface area contributed by atoms with E-state index in [0.29, 0.717) is 28.4 Å². The molecule has 0 spiro atoms. The first-order valence-corrected chi connectivity index (χ1v) is 13.9. The highest BCUT2D eigenvalue weighted by atomic mass is 16.5. The summed E-state index contributed by atoms with van der Waals surface area (Å²) in [6, 6.07) is 26.1. The number of Topliss-reactive ketones (excluding diaryl/α,β-unsaturated/α-hetero) is 1. The number of ether oxygens (including phenoxy) is 3. The fourth-order valence-electron chi connectivity index (χ4n) is 4.60. The van der Waals surface area contributed by atoms with Crippen molar-refractivity contribution in [2.45, 2.75) is 53.9 Å². The van der Waals surface area contributed by atoms with Gasteiger partial charge in [-0.1, -0.05) is 52.0 Å². The molecule has 0 saturated carbocycles. The summed E-state index contributed by atoms with van der Waals surface area (Å²) in [4.78, 5) is 25.5. The zero-order valence-electron chi connectivity index (χ0n) is 24.9. The topological polar surface area (TPSA) is 61.8 Å². The van der Waals surface area contributed by atoms with E-state index in [9.17, 15) is 9.59 Å². The van der Waals surface area contributed by atoms with Crippen LogP contribution in [0, 0.1) is 19.3 Å². The van der Waals surface area contributed by atoms with Crippen LogP contribution in [-0.2, 0) is 0 Å². The molecule has 0 aromatic heterocycles. The first-order valence-electron chi connectivity index (χ1n) is 13.9. The lowest BCUT2D eigenvalue weighted by Gasteiger charge is -2.20. The van der Waals surface area contributed by atoms with Crippen molar-refractivity contribution in [1.82, 2.24) is 0 Å². The highest BCUT2D eigenvalue weighted by Crippen LogP contribution is 2.32. The van der Waals surface area contributed by atoms with E-state index >= 15 is 0 Å². The summed E-state index contributed by atoms with van der Waals surface area (Å²) >= 11 is 0. The van der Waals surface area contributed by atoms with Crippen LogP contribution in [0.25, 0.3) is 0 Å². The van der Waals surface area contributed by atoms with Gasteiger partial charge in [0.2, 0.25) is 0 Å². The van der Waals surface area contributed by atoms with Gasteiger partial charge in [-0.25, -0.2) is 4.79 Å². The number of hydrogen-bond donors (Lipinski definition) is 0. The van der Waals surface area contributed by atoms with Crippen LogP contribution in [0.4, 0.5) is 0 Å². The number of rotatable bonds is 10. The molecule has 4 rings (SSSR count). The van der Waals surface area contributed by atoms with Gasteiger partial charge in [0.05, 0.1) is 12.7 Å². The van der Waals surface area contributed by atoms with Crippen LogP contribution >= 0.6 is 0 Å². The van der Waals surface area contributed by atoms with Gasteiger partial charge in [-0.3, -0.25) is 4.79 Å². The fourth-order valence-corrected chi connectivity index (χ4v) is 4.60. The average molecular weight is 551 g/mol. The lowest BCUT2D eigenvalue weighted by atomic mass is 9.82. The number of esters is 1. The second kappa shape index (κ2) is 12.4. The molecule has 0 amide bonds. The normalized spacial score (nSPS) is 12.0. The molecule has 5 heteroatoms. The lowest BCUT2D eigenvalue weighted by molar-refractivity contribution is 0.0733. The molecule has 0 fully saturated rings. The molecule has 0 aliphatic heterocycles. The number of ketones is 1. The molecule has 1 atom stereocenters. The van der Waals surface area contributed by atoms with Crippen molar-refractivity contribution in [3.8, 4) is 23.0 Å². The third-order valence-electron chi connectivity index (χ3n) is 7.76. The molecule has 0 aliphatic rings. The van der Waals surface area contributed by atoms with Crippen molar-refractivity contribution in [2.24, 2.45) is 5.41 Å². The molecule has 0 N–H and O–H groups in total. The molecular formula is C36H38O5. The maximum atomic E-state index is 12.9. The van der Waals surface area contributed by atoms with E-state index in [-0.39, 0.29) is 11.7 Å². The standard InChI is InChI=1S/C36H38O5/c1-8-36(5,6)34(37)26-9-15-30(16-10-26)40-31-17-11-27(12-18-31)35(38)41-33-20-14-29(22-24(33)3)25(4)28-13-19-32(39-7)23(2)21-28/h9-22,25H,8H2,1-7H3. The van der Waals surface area contributed by atoms with Crippen molar-refractivity contribution in [3.05, 3.63) is 118 Å². The van der Waals surface area contributed by atoms with E-state index < -0.39 is 11.4 Å². The smallest absolute Gasteiger partial charge is 0.343 e. The molecule has 0 aliphatic carbocycles. The third kappa shape index (κ3) is 6.86. The monoisotopic (exact) mass is 550 g/mol. The van der Waals surface area contributed by atoms with Gasteiger partial charge in [0.1, 0.15) is 23.0 Å². The summed E-state index contributed by atoms with van der Waals surface area (Å²) in [5, 5.41) is 0. The lowest BCUT2D eigenvalue weighted by Crippen LogP contribution is -2.23. The van der Waals surface area contributed by atoms with Gasteiger partial charge in [0, 0.05) is 16.9 Å². The third-order valence-corrected chi connectivity index (χ3v) is 7.76. The van der Waals surface area contributed by atoms with Crippen LogP contribution in [0.1, 0.15) is 83.0 Å². The largest absolute Gasteiger partial charge is 0.496 e. The average Bonchev–Trinajstić information content (AvgIpc) is 2.98. The van der Waals surface area contributed by atoms with Crippen LogP contribution in [0.15, 0.2) is 84.9 Å². The number of aryl methyl sites for hydroxylation is 2. The van der Waals surface area contributed by atoms with E-state index in [4.69, 9.17) is 14.2 Å². The van der Waals surface area contributed by atoms with Crippen LogP contribution < -0.4 is 14.2 Å². The van der Waals surface area contributed by atoms with Crippen molar-refractivity contribution < 1.29 is 23.8 Å². The van der Waals surface area contributed by atoms with E-state index in [0.717, 1.165) is 28.9 Å². The highest BCUT2D eigenvalue weighted by Gasteiger charge is 2.26. The van der Waals surface area contributed by atoms with Gasteiger partial charge in [-0.05, 0) is 103 Å². The Labute approximate surface area is 243 Å². The Morgan fingerprint density at radius 3 is 1.68 bits per heavy atom. The quantitative estimate of drug-likeness (QED) is 0.112. The predicted molar refractivity (Wildman–Crippen MR) is 163 cm³/mol. The zero-order chi connectivity index (χ0) is 29.7. The highest BCUT2D eigenvalue weighted by molar-refractivity contribution is 6.00. The van der Waals surface area contributed by atoms with Gasteiger partial charge in [0.15, 0.2) is 5.78 Å². The maximum Gasteiger partial charge on any atom is 0.343 e. The van der Waals surface area contributed by atoms with Crippen LogP contribution in [0.2, 0.25) is 0 Å². The van der Waals surface area contributed by atoms with Gasteiger partial charge >= 0.3 is 5.97 Å². The molecule has 0 radical (unpaired) electrons. The minimum atomic E-state index is -0.437. The zero-order valence-corrected chi connectivity index (χ0v) is 24.9. The SMILES string of the molecule is CCC(C)(C)C(=O)c1ccc(Oc2ccc(C(=O)Oc3ccc(C(C)c4ccc(OC)c(C)c4)cc3C)cc2)cc1. The minimum Gasteiger partial charge on any atom is -0.496 e. The van der Waals surface area contributed by atoms with Crippen molar-refractivity contribution in [1.29, 1.82) is 0 Å². The Balaban J connectivity index is 1.39. The second-order valence-electron chi connectivity index (χ2n) is 11.1. The van der Waals surface area contributed by atoms with E-state index in [2.05, 4.69) is 25.1 Å². The predicted octanol–water partition coefficient (Wildman–Crippen LogP) is 9.09. The van der Waals surface area contributed by atoms with Crippen LogP contribution in [0.5, 0.6) is 23.0 Å². The summed E-state index contributed by atoms with van der Waals surface area (Å²) in [5.74, 6) is 2.44. The van der Waals surface area contributed by atoms with Gasteiger partial charge in [0.25, 0.3) is 0 Å². The van der Waals surface area contributed by atoms with E-state index in [1.807, 2.05) is 52.8 Å². The summed E-state index contributed by atoms with van der Waals surface area (Å²) in [7, 11) is 1.68. The summed E-state index contributed by atoms with van der Waals surface area (Å²) in [5.41, 5.74) is 5.00. The van der Waals surface area contributed by atoms with Gasteiger partial charge < -0.3 is 14.2 Å². The van der Waals surface area contributed by atoms with Gasteiger partial charge in [-0.15, -0.1) is 0 Å². The number of benzene rings is 4.